The van der Waals surface area contributed by atoms with Crippen molar-refractivity contribution in [3.8, 4) is 0 Å². The van der Waals surface area contributed by atoms with E-state index in [1.54, 1.807) is 30.6 Å². The first-order valence-electron chi connectivity index (χ1n) is 5.39. The lowest BCUT2D eigenvalue weighted by atomic mass is 10.3. The standard InChI is InChI=1S/C11H7ClN4O2S2/c12-11-15-6-10(19-11)20(17,18)16-7-1-2-8-9(5-7)14-4-3-13-8/h1-6,16H. The van der Waals surface area contributed by atoms with Gasteiger partial charge in [0.1, 0.15) is 0 Å². The molecule has 0 bridgehead atoms. The van der Waals surface area contributed by atoms with Crippen molar-refractivity contribution in [2.24, 2.45) is 0 Å². The van der Waals surface area contributed by atoms with Crippen molar-refractivity contribution in [1.82, 2.24) is 15.0 Å². The number of benzene rings is 1. The monoisotopic (exact) mass is 326 g/mol. The van der Waals surface area contributed by atoms with Crippen molar-refractivity contribution < 1.29 is 8.42 Å². The molecule has 0 fully saturated rings. The summed E-state index contributed by atoms with van der Waals surface area (Å²) in [5, 5.41) is 0. The first-order chi connectivity index (χ1) is 9.54. The third-order valence-electron chi connectivity index (χ3n) is 2.44. The number of sulfonamides is 1. The Morgan fingerprint density at radius 1 is 1.10 bits per heavy atom. The van der Waals surface area contributed by atoms with Crippen LogP contribution in [0.1, 0.15) is 0 Å². The second-order valence-electron chi connectivity index (χ2n) is 3.80. The number of anilines is 1. The summed E-state index contributed by atoms with van der Waals surface area (Å²) in [6, 6.07) is 4.93. The van der Waals surface area contributed by atoms with Crippen LogP contribution in [0.5, 0.6) is 0 Å². The molecule has 6 nitrogen and oxygen atoms in total. The summed E-state index contributed by atoms with van der Waals surface area (Å²) in [5.41, 5.74) is 1.70. The number of nitrogens with one attached hydrogen (secondary N) is 1. The number of nitrogens with zero attached hydrogens (tertiary/aromatic N) is 3. The SMILES string of the molecule is O=S(=O)(Nc1ccc2nccnc2c1)c1cnc(Cl)s1. The van der Waals surface area contributed by atoms with Gasteiger partial charge in [0.15, 0.2) is 8.68 Å². The largest absolute Gasteiger partial charge is 0.279 e. The third kappa shape index (κ3) is 2.58. The summed E-state index contributed by atoms with van der Waals surface area (Å²) in [7, 11) is -3.69. The minimum atomic E-state index is -3.69. The Morgan fingerprint density at radius 3 is 2.55 bits per heavy atom. The van der Waals surface area contributed by atoms with Crippen molar-refractivity contribution in [3.05, 3.63) is 41.3 Å². The van der Waals surface area contributed by atoms with Crippen molar-refractivity contribution >= 4 is 49.7 Å². The molecule has 20 heavy (non-hydrogen) atoms. The summed E-state index contributed by atoms with van der Waals surface area (Å²) in [5.74, 6) is 0. The molecule has 3 aromatic rings. The summed E-state index contributed by atoms with van der Waals surface area (Å²) in [4.78, 5) is 12.0. The summed E-state index contributed by atoms with van der Waals surface area (Å²) >= 11 is 6.54. The van der Waals surface area contributed by atoms with E-state index in [9.17, 15) is 8.42 Å². The van der Waals surface area contributed by atoms with E-state index in [0.29, 0.717) is 16.7 Å². The molecule has 1 aromatic carbocycles. The van der Waals surface area contributed by atoms with Crippen LogP contribution in [0, 0.1) is 0 Å². The molecule has 2 aromatic heterocycles. The lowest BCUT2D eigenvalue weighted by Gasteiger charge is -2.06. The average Bonchev–Trinajstić information content (AvgIpc) is 2.86. The van der Waals surface area contributed by atoms with Crippen LogP contribution in [0.3, 0.4) is 0 Å². The molecule has 0 spiro atoms. The highest BCUT2D eigenvalue weighted by Crippen LogP contribution is 2.25. The molecular weight excluding hydrogens is 320 g/mol. The molecule has 0 unspecified atom stereocenters. The van der Waals surface area contributed by atoms with Crippen LogP contribution >= 0.6 is 22.9 Å². The van der Waals surface area contributed by atoms with E-state index in [1.165, 1.54) is 6.20 Å². The average molecular weight is 327 g/mol. The fourth-order valence-corrected chi connectivity index (χ4v) is 3.94. The molecule has 0 aliphatic rings. The van der Waals surface area contributed by atoms with Crippen LogP contribution in [-0.2, 0) is 10.0 Å². The van der Waals surface area contributed by atoms with E-state index in [-0.39, 0.29) is 8.68 Å². The predicted octanol–water partition coefficient (Wildman–Crippen LogP) is 2.54. The third-order valence-corrected chi connectivity index (χ3v) is 5.40. The Morgan fingerprint density at radius 2 is 1.85 bits per heavy atom. The van der Waals surface area contributed by atoms with Crippen LogP contribution in [-0.4, -0.2) is 23.4 Å². The Bertz CT molecular complexity index is 879. The Kier molecular flexibility index (Phi) is 3.28. The maximum Gasteiger partial charge on any atom is 0.273 e. The first kappa shape index (κ1) is 13.2. The van der Waals surface area contributed by atoms with Gasteiger partial charge in [-0.15, -0.1) is 0 Å². The maximum absolute atomic E-state index is 12.1. The van der Waals surface area contributed by atoms with Crippen LogP contribution in [0.2, 0.25) is 4.47 Å². The van der Waals surface area contributed by atoms with Gasteiger partial charge in [0.25, 0.3) is 10.0 Å². The molecule has 0 radical (unpaired) electrons. The maximum atomic E-state index is 12.1. The zero-order valence-corrected chi connectivity index (χ0v) is 12.2. The van der Waals surface area contributed by atoms with Gasteiger partial charge in [0, 0.05) is 12.4 Å². The Hall–Kier alpha value is -1.77. The zero-order valence-electron chi connectivity index (χ0n) is 9.82. The van der Waals surface area contributed by atoms with Crippen molar-refractivity contribution in [3.63, 3.8) is 0 Å². The lowest BCUT2D eigenvalue weighted by Crippen LogP contribution is -2.11. The minimum absolute atomic E-state index is 0.0572. The molecule has 0 saturated carbocycles. The van der Waals surface area contributed by atoms with Crippen molar-refractivity contribution in [2.45, 2.75) is 4.21 Å². The quantitative estimate of drug-likeness (QED) is 0.799. The van der Waals surface area contributed by atoms with E-state index in [0.717, 1.165) is 11.3 Å². The minimum Gasteiger partial charge on any atom is -0.279 e. The Balaban J connectivity index is 1.96. The number of hydrogen-bond acceptors (Lipinski definition) is 6. The molecule has 2 heterocycles. The van der Waals surface area contributed by atoms with E-state index >= 15 is 0 Å². The second-order valence-corrected chi connectivity index (χ2v) is 7.32. The number of halogens is 1. The molecule has 9 heteroatoms. The smallest absolute Gasteiger partial charge is 0.273 e. The van der Waals surface area contributed by atoms with Gasteiger partial charge in [0.05, 0.1) is 22.9 Å². The van der Waals surface area contributed by atoms with Gasteiger partial charge in [-0.05, 0) is 18.2 Å². The number of fused-ring (bicyclic) bond motifs is 1. The topological polar surface area (TPSA) is 84.8 Å². The Labute approximate surface area is 123 Å². The molecule has 0 aliphatic heterocycles. The van der Waals surface area contributed by atoms with E-state index < -0.39 is 10.0 Å². The molecule has 0 atom stereocenters. The number of rotatable bonds is 3. The highest BCUT2D eigenvalue weighted by Gasteiger charge is 2.17. The van der Waals surface area contributed by atoms with Crippen molar-refractivity contribution in [2.75, 3.05) is 4.72 Å². The fraction of sp³-hybridized carbons (Fsp3) is 0. The molecule has 0 saturated heterocycles. The van der Waals surface area contributed by atoms with Gasteiger partial charge in [-0.2, -0.15) is 0 Å². The second kappa shape index (κ2) is 4.97. The lowest BCUT2D eigenvalue weighted by molar-refractivity contribution is 0.603. The molecule has 1 N–H and O–H groups in total. The molecule has 3 rings (SSSR count). The molecule has 0 amide bonds. The van der Waals surface area contributed by atoms with Gasteiger partial charge in [0.2, 0.25) is 0 Å². The van der Waals surface area contributed by atoms with Gasteiger partial charge in [-0.25, -0.2) is 13.4 Å². The van der Waals surface area contributed by atoms with Gasteiger partial charge in [-0.3, -0.25) is 14.7 Å². The van der Waals surface area contributed by atoms with Gasteiger partial charge in [-0.1, -0.05) is 22.9 Å². The summed E-state index contributed by atoms with van der Waals surface area (Å²) in [6.07, 6.45) is 4.34. The van der Waals surface area contributed by atoms with Crippen LogP contribution in [0.25, 0.3) is 11.0 Å². The van der Waals surface area contributed by atoms with Gasteiger partial charge >= 0.3 is 0 Å². The summed E-state index contributed by atoms with van der Waals surface area (Å²) < 4.78 is 26.9. The fourth-order valence-electron chi connectivity index (χ4n) is 1.60. The number of thiazole rings is 1. The van der Waals surface area contributed by atoms with E-state index in [1.807, 2.05) is 0 Å². The highest BCUT2D eigenvalue weighted by atomic mass is 35.5. The van der Waals surface area contributed by atoms with Crippen molar-refractivity contribution in [1.29, 1.82) is 0 Å². The summed E-state index contributed by atoms with van der Waals surface area (Å²) in [6.45, 7) is 0. The van der Waals surface area contributed by atoms with Crippen LogP contribution < -0.4 is 4.72 Å². The number of aromatic nitrogens is 3. The predicted molar refractivity (Wildman–Crippen MR) is 77.5 cm³/mol. The van der Waals surface area contributed by atoms with E-state index in [4.69, 9.17) is 11.6 Å². The van der Waals surface area contributed by atoms with Crippen LogP contribution in [0.4, 0.5) is 5.69 Å². The first-order valence-corrected chi connectivity index (χ1v) is 8.07. The number of hydrogen-bond donors (Lipinski definition) is 1. The molecule has 102 valence electrons. The van der Waals surface area contributed by atoms with Crippen LogP contribution in [0.15, 0.2) is 41.0 Å². The normalized spacial score (nSPS) is 11.7. The van der Waals surface area contributed by atoms with Gasteiger partial charge < -0.3 is 0 Å². The highest BCUT2D eigenvalue weighted by molar-refractivity contribution is 7.94. The molecular formula is C11H7ClN4O2S2. The van der Waals surface area contributed by atoms with E-state index in [2.05, 4.69) is 19.7 Å². The molecule has 0 aliphatic carbocycles. The zero-order chi connectivity index (χ0) is 14.2.